The molecule has 4 nitrogen and oxygen atoms in total. The van der Waals surface area contributed by atoms with Gasteiger partial charge >= 0.3 is 6.18 Å². The number of para-hydroxylation sites is 1. The third kappa shape index (κ3) is 3.51. The minimum Gasteiger partial charge on any atom is -0.370 e. The van der Waals surface area contributed by atoms with Gasteiger partial charge in [-0.15, -0.1) is 0 Å². The molecular formula is C20H21F3N4. The van der Waals surface area contributed by atoms with Gasteiger partial charge in [-0.1, -0.05) is 36.4 Å². The number of piperidine rings is 1. The summed E-state index contributed by atoms with van der Waals surface area (Å²) in [5.41, 5.74) is 0.332. The van der Waals surface area contributed by atoms with Gasteiger partial charge < -0.3 is 16.0 Å². The summed E-state index contributed by atoms with van der Waals surface area (Å²) < 4.78 is 40.5. The number of alkyl halides is 3. The van der Waals surface area contributed by atoms with Crippen molar-refractivity contribution in [3.63, 3.8) is 0 Å². The molecule has 142 valence electrons. The number of nitrogens with one attached hydrogen (secondary N) is 3. The second-order valence-electron chi connectivity index (χ2n) is 6.96. The van der Waals surface area contributed by atoms with E-state index in [2.05, 4.69) is 16.0 Å². The average molecular weight is 374 g/mol. The zero-order valence-electron chi connectivity index (χ0n) is 14.7. The maximum Gasteiger partial charge on any atom is 0.418 e. The highest BCUT2D eigenvalue weighted by Gasteiger charge is 2.44. The fourth-order valence-corrected chi connectivity index (χ4v) is 3.73. The van der Waals surface area contributed by atoms with Crippen LogP contribution >= 0.6 is 0 Å². The molecule has 3 N–H and O–H groups in total. The predicted molar refractivity (Wildman–Crippen MR) is 101 cm³/mol. The van der Waals surface area contributed by atoms with Crippen molar-refractivity contribution in [3.05, 3.63) is 59.7 Å². The summed E-state index contributed by atoms with van der Waals surface area (Å²) in [5, 5.41) is 9.70. The van der Waals surface area contributed by atoms with Crippen LogP contribution in [0.4, 0.5) is 24.5 Å². The minimum absolute atomic E-state index is 0.116. The molecule has 4 rings (SSSR count). The van der Waals surface area contributed by atoms with Crippen molar-refractivity contribution >= 4 is 17.2 Å². The van der Waals surface area contributed by atoms with Gasteiger partial charge in [0.2, 0.25) is 0 Å². The lowest BCUT2D eigenvalue weighted by Gasteiger charge is -2.44. The Balaban J connectivity index is 1.73. The Labute approximate surface area is 155 Å². The number of aliphatic imine (C=N–C) groups is 1. The minimum atomic E-state index is -4.41. The molecule has 0 aromatic heterocycles. The van der Waals surface area contributed by atoms with Crippen LogP contribution < -0.4 is 16.0 Å². The van der Waals surface area contributed by atoms with E-state index in [4.69, 9.17) is 4.99 Å². The van der Waals surface area contributed by atoms with Crippen molar-refractivity contribution in [2.24, 2.45) is 4.99 Å². The van der Waals surface area contributed by atoms with E-state index in [-0.39, 0.29) is 5.69 Å². The molecule has 2 aromatic carbocycles. The first kappa shape index (κ1) is 17.9. The molecule has 2 aliphatic heterocycles. The molecule has 0 amide bonds. The molecular weight excluding hydrogens is 353 g/mol. The van der Waals surface area contributed by atoms with Gasteiger partial charge in [-0.05, 0) is 43.6 Å². The topological polar surface area (TPSA) is 48.5 Å². The molecule has 1 spiro atoms. The van der Waals surface area contributed by atoms with Crippen LogP contribution in [-0.2, 0) is 12.7 Å². The number of anilines is 2. The smallest absolute Gasteiger partial charge is 0.370 e. The van der Waals surface area contributed by atoms with Crippen LogP contribution in [0.2, 0.25) is 0 Å². The largest absolute Gasteiger partial charge is 0.418 e. The van der Waals surface area contributed by atoms with Gasteiger partial charge in [0.1, 0.15) is 5.84 Å². The molecule has 2 aromatic rings. The van der Waals surface area contributed by atoms with Gasteiger partial charge in [0.05, 0.1) is 29.0 Å². The van der Waals surface area contributed by atoms with Crippen molar-refractivity contribution in [2.75, 3.05) is 23.7 Å². The maximum atomic E-state index is 13.5. The molecule has 1 saturated heterocycles. The van der Waals surface area contributed by atoms with E-state index in [0.29, 0.717) is 30.9 Å². The van der Waals surface area contributed by atoms with Gasteiger partial charge in [-0.3, -0.25) is 4.99 Å². The molecule has 0 bridgehead atoms. The fraction of sp³-hybridized carbons (Fsp3) is 0.350. The van der Waals surface area contributed by atoms with Gasteiger partial charge in [0.25, 0.3) is 0 Å². The lowest BCUT2D eigenvalue weighted by Crippen LogP contribution is -2.58. The first-order chi connectivity index (χ1) is 13.0. The molecule has 2 heterocycles. The number of hydrogen-bond acceptors (Lipinski definition) is 3. The lowest BCUT2D eigenvalue weighted by atomic mass is 9.84. The molecule has 0 unspecified atom stereocenters. The van der Waals surface area contributed by atoms with E-state index in [9.17, 15) is 13.2 Å². The Morgan fingerprint density at radius 2 is 1.70 bits per heavy atom. The molecule has 0 aliphatic carbocycles. The van der Waals surface area contributed by atoms with Crippen LogP contribution in [0.15, 0.2) is 53.5 Å². The second-order valence-corrected chi connectivity index (χ2v) is 6.96. The molecule has 7 heteroatoms. The van der Waals surface area contributed by atoms with E-state index < -0.39 is 17.3 Å². The van der Waals surface area contributed by atoms with Crippen molar-refractivity contribution < 1.29 is 13.2 Å². The van der Waals surface area contributed by atoms with Crippen LogP contribution in [0, 0.1) is 0 Å². The highest BCUT2D eigenvalue weighted by molar-refractivity contribution is 6.10. The van der Waals surface area contributed by atoms with Crippen LogP contribution in [0.1, 0.15) is 24.0 Å². The van der Waals surface area contributed by atoms with E-state index >= 15 is 0 Å². The quantitative estimate of drug-likeness (QED) is 0.736. The molecule has 27 heavy (non-hydrogen) atoms. The van der Waals surface area contributed by atoms with Gasteiger partial charge in [-0.25, -0.2) is 0 Å². The number of rotatable bonds is 2. The monoisotopic (exact) mass is 374 g/mol. The third-order valence-corrected chi connectivity index (χ3v) is 5.16. The number of amidine groups is 1. The first-order valence-electron chi connectivity index (χ1n) is 9.03. The standard InChI is InChI=1S/C20H21F3N4/c21-20(22,23)15-7-4-8-16-17(15)27-19(9-11-24-12-10-19)18(26-16)25-13-14-5-2-1-3-6-14/h1-8,24,27H,9-13H2,(H,25,26). The Morgan fingerprint density at radius 3 is 2.41 bits per heavy atom. The summed E-state index contributed by atoms with van der Waals surface area (Å²) in [6.45, 7) is 1.93. The Bertz CT molecular complexity index is 840. The number of hydrogen-bond donors (Lipinski definition) is 3. The number of nitrogens with zero attached hydrogens (tertiary/aromatic N) is 1. The van der Waals surface area contributed by atoms with Crippen molar-refractivity contribution in [1.29, 1.82) is 0 Å². The number of fused-ring (bicyclic) bond motifs is 1. The molecule has 0 saturated carbocycles. The highest BCUT2D eigenvalue weighted by atomic mass is 19.4. The van der Waals surface area contributed by atoms with Gasteiger partial charge in [0, 0.05) is 0 Å². The maximum absolute atomic E-state index is 13.5. The zero-order chi connectivity index (χ0) is 18.9. The summed E-state index contributed by atoms with van der Waals surface area (Å²) in [4.78, 5) is 4.76. The summed E-state index contributed by atoms with van der Waals surface area (Å²) in [6.07, 6.45) is -3.08. The lowest BCUT2D eigenvalue weighted by molar-refractivity contribution is -0.137. The van der Waals surface area contributed by atoms with Crippen LogP contribution in [0.5, 0.6) is 0 Å². The third-order valence-electron chi connectivity index (χ3n) is 5.16. The van der Waals surface area contributed by atoms with E-state index in [1.54, 1.807) is 6.07 Å². The first-order valence-corrected chi connectivity index (χ1v) is 9.03. The SMILES string of the molecule is FC(F)(F)c1cccc2c1NC1(CCNCC1)C(=NCc1ccccc1)N2. The molecule has 1 fully saturated rings. The van der Waals surface area contributed by atoms with Gasteiger partial charge in [-0.2, -0.15) is 13.2 Å². The summed E-state index contributed by atoms with van der Waals surface area (Å²) in [6, 6.07) is 14.0. The Kier molecular flexibility index (Phi) is 4.55. The molecule has 2 aliphatic rings. The molecule has 0 radical (unpaired) electrons. The van der Waals surface area contributed by atoms with Crippen LogP contribution in [0.3, 0.4) is 0 Å². The van der Waals surface area contributed by atoms with E-state index in [1.807, 2.05) is 30.3 Å². The molecule has 0 atom stereocenters. The second kappa shape index (κ2) is 6.88. The van der Waals surface area contributed by atoms with Crippen LogP contribution in [0.25, 0.3) is 0 Å². The van der Waals surface area contributed by atoms with Crippen LogP contribution in [-0.4, -0.2) is 24.5 Å². The zero-order valence-corrected chi connectivity index (χ0v) is 14.7. The number of benzene rings is 2. The summed E-state index contributed by atoms with van der Waals surface area (Å²) >= 11 is 0. The normalized spacial score (nSPS) is 20.0. The Morgan fingerprint density at radius 1 is 0.963 bits per heavy atom. The Hall–Kier alpha value is -2.54. The van der Waals surface area contributed by atoms with Gasteiger partial charge in [0.15, 0.2) is 0 Å². The number of halogens is 3. The summed E-state index contributed by atoms with van der Waals surface area (Å²) in [7, 11) is 0. The summed E-state index contributed by atoms with van der Waals surface area (Å²) in [5.74, 6) is 0.708. The average Bonchev–Trinajstić information content (AvgIpc) is 2.66. The fourth-order valence-electron chi connectivity index (χ4n) is 3.73. The predicted octanol–water partition coefficient (Wildman–Crippen LogP) is 4.26. The van der Waals surface area contributed by atoms with E-state index in [0.717, 1.165) is 24.7 Å². The van der Waals surface area contributed by atoms with Crippen molar-refractivity contribution in [3.8, 4) is 0 Å². The van der Waals surface area contributed by atoms with E-state index in [1.165, 1.54) is 6.07 Å². The highest BCUT2D eigenvalue weighted by Crippen LogP contribution is 2.44. The van der Waals surface area contributed by atoms with Crippen molar-refractivity contribution in [1.82, 2.24) is 5.32 Å². The van der Waals surface area contributed by atoms with Crippen molar-refractivity contribution in [2.45, 2.75) is 31.1 Å².